The van der Waals surface area contributed by atoms with Crippen molar-refractivity contribution < 1.29 is 28.2 Å². The Morgan fingerprint density at radius 3 is 2.56 bits per heavy atom. The Kier molecular flexibility index (Phi) is 4.53. The number of alkyl halides is 2. The molecule has 4 aliphatic rings. The van der Waals surface area contributed by atoms with E-state index in [9.17, 15) is 18.7 Å². The van der Waals surface area contributed by atoms with Crippen molar-refractivity contribution >= 4 is 11.6 Å². The van der Waals surface area contributed by atoms with Gasteiger partial charge in [0.15, 0.2) is 11.5 Å². The third-order valence-corrected chi connectivity index (χ3v) is 6.35. The third-order valence-electron chi connectivity index (χ3n) is 6.35. The quantitative estimate of drug-likeness (QED) is 0.783. The van der Waals surface area contributed by atoms with E-state index in [2.05, 4.69) is 10.1 Å². The van der Waals surface area contributed by atoms with Gasteiger partial charge in [-0.05, 0) is 67.9 Å². The van der Waals surface area contributed by atoms with Gasteiger partial charge in [0.05, 0.1) is 12.7 Å². The van der Waals surface area contributed by atoms with Gasteiger partial charge in [-0.3, -0.25) is 4.79 Å². The Morgan fingerprint density at radius 2 is 1.96 bits per heavy atom. The topological polar surface area (TPSA) is 67.8 Å². The summed E-state index contributed by atoms with van der Waals surface area (Å²) in [5, 5.41) is 13.6. The minimum atomic E-state index is -2.97. The van der Waals surface area contributed by atoms with Crippen LogP contribution in [-0.2, 0) is 4.79 Å². The summed E-state index contributed by atoms with van der Waals surface area (Å²) in [6, 6.07) is 4.43. The number of ether oxygens (including phenoxy) is 2. The summed E-state index contributed by atoms with van der Waals surface area (Å²) in [4.78, 5) is 12.7. The fraction of sp³-hybridized carbons (Fsp3) is 0.650. The van der Waals surface area contributed by atoms with E-state index in [-0.39, 0.29) is 22.8 Å². The molecule has 4 aliphatic carbocycles. The second-order valence-corrected chi connectivity index (χ2v) is 8.65. The van der Waals surface area contributed by atoms with Crippen molar-refractivity contribution in [3.05, 3.63) is 18.2 Å². The number of halogens is 2. The molecule has 5 rings (SSSR count). The van der Waals surface area contributed by atoms with Crippen molar-refractivity contribution in [2.45, 2.75) is 57.2 Å². The highest BCUT2D eigenvalue weighted by molar-refractivity contribution is 5.91. The molecule has 0 radical (unpaired) electrons. The highest BCUT2D eigenvalue weighted by atomic mass is 19.3. The molecule has 2 N–H and O–H groups in total. The average Bonchev–Trinajstić information content (AvgIpc) is 2.51. The lowest BCUT2D eigenvalue weighted by Gasteiger charge is -2.60. The molecule has 0 heterocycles. The Bertz CT molecular complexity index is 725. The van der Waals surface area contributed by atoms with E-state index in [1.54, 1.807) is 6.07 Å². The maximum Gasteiger partial charge on any atom is 0.387 e. The summed E-state index contributed by atoms with van der Waals surface area (Å²) >= 11 is 0. The summed E-state index contributed by atoms with van der Waals surface area (Å²) in [5.41, 5.74) is -0.361. The number of rotatable bonds is 6. The first-order chi connectivity index (χ1) is 12.8. The molecule has 1 aromatic carbocycles. The molecule has 0 spiro atoms. The number of aliphatic hydroxyl groups is 1. The van der Waals surface area contributed by atoms with Crippen LogP contribution in [0.25, 0.3) is 0 Å². The monoisotopic (exact) mass is 381 g/mol. The minimum Gasteiger partial charge on any atom is -0.493 e. The van der Waals surface area contributed by atoms with Crippen molar-refractivity contribution in [3.63, 3.8) is 0 Å². The zero-order valence-electron chi connectivity index (χ0n) is 15.3. The zero-order chi connectivity index (χ0) is 19.2. The number of methoxy groups -OCH3 is 1. The SMILES string of the molecule is COc1ccc(NC(=O)CC23C[C@H]4C[C@@H](CC(O)(C4)C2)C3)cc1OC(F)F. The van der Waals surface area contributed by atoms with Crippen LogP contribution in [0.5, 0.6) is 11.5 Å². The zero-order valence-corrected chi connectivity index (χ0v) is 15.3. The van der Waals surface area contributed by atoms with E-state index in [1.165, 1.54) is 25.7 Å². The summed E-state index contributed by atoms with van der Waals surface area (Å²) < 4.78 is 34.6. The molecular weight excluding hydrogens is 356 g/mol. The van der Waals surface area contributed by atoms with Gasteiger partial charge in [-0.2, -0.15) is 8.78 Å². The second-order valence-electron chi connectivity index (χ2n) is 8.65. The molecule has 27 heavy (non-hydrogen) atoms. The number of anilines is 1. The van der Waals surface area contributed by atoms with Gasteiger partial charge in [-0.15, -0.1) is 0 Å². The standard InChI is InChI=1S/C20H25F2NO4/c1-26-15-3-2-14(5-16(15)27-18(21)22)23-17(24)10-19-6-12-4-13(7-19)9-20(25,8-12)11-19/h2-3,5,12-13,18,25H,4,6-11H2,1H3,(H,23,24)/t12-,13-,19?,20?/m1/s1. The van der Waals surface area contributed by atoms with Crippen molar-refractivity contribution in [2.24, 2.45) is 17.3 Å². The molecule has 2 atom stereocenters. The van der Waals surface area contributed by atoms with E-state index >= 15 is 0 Å². The summed E-state index contributed by atoms with van der Waals surface area (Å²) in [5.74, 6) is 0.923. The molecule has 1 amide bonds. The van der Waals surface area contributed by atoms with E-state index < -0.39 is 12.2 Å². The Hall–Kier alpha value is -1.89. The maximum atomic E-state index is 12.7. The Labute approximate surface area is 157 Å². The van der Waals surface area contributed by atoms with Crippen molar-refractivity contribution in [3.8, 4) is 11.5 Å². The Morgan fingerprint density at radius 1 is 1.26 bits per heavy atom. The number of carbonyl (C=O) groups is 1. The van der Waals surface area contributed by atoms with Crippen LogP contribution in [0.1, 0.15) is 44.9 Å². The molecule has 4 bridgehead atoms. The highest BCUT2D eigenvalue weighted by Crippen LogP contribution is 2.62. The van der Waals surface area contributed by atoms with E-state index in [1.807, 2.05) is 0 Å². The first-order valence-electron chi connectivity index (χ1n) is 9.43. The number of hydrogen-bond acceptors (Lipinski definition) is 4. The van der Waals surface area contributed by atoms with E-state index in [0.717, 1.165) is 25.7 Å². The summed E-state index contributed by atoms with van der Waals surface area (Å²) in [6.07, 6.45) is 5.89. The molecule has 0 unspecified atom stereocenters. The van der Waals surface area contributed by atoms with Crippen LogP contribution < -0.4 is 14.8 Å². The predicted molar refractivity (Wildman–Crippen MR) is 94.9 cm³/mol. The Balaban J connectivity index is 1.45. The predicted octanol–water partition coefficient (Wildman–Crippen LogP) is 3.96. The molecular formula is C20H25F2NO4. The number of amides is 1. The van der Waals surface area contributed by atoms with Crippen LogP contribution in [0.4, 0.5) is 14.5 Å². The molecule has 5 nitrogen and oxygen atoms in total. The normalized spacial score (nSPS) is 34.0. The average molecular weight is 381 g/mol. The van der Waals surface area contributed by atoms with Gasteiger partial charge in [0.25, 0.3) is 0 Å². The summed E-state index contributed by atoms with van der Waals surface area (Å²) in [7, 11) is 1.36. The fourth-order valence-corrected chi connectivity index (χ4v) is 6.10. The third kappa shape index (κ3) is 3.74. The fourth-order valence-electron chi connectivity index (χ4n) is 6.10. The molecule has 1 aromatic rings. The molecule has 0 saturated heterocycles. The van der Waals surface area contributed by atoms with Crippen molar-refractivity contribution in [1.29, 1.82) is 0 Å². The minimum absolute atomic E-state index is 0.116. The maximum absolute atomic E-state index is 12.7. The van der Waals surface area contributed by atoms with Crippen LogP contribution in [0.2, 0.25) is 0 Å². The molecule has 4 fully saturated rings. The van der Waals surface area contributed by atoms with E-state index in [0.29, 0.717) is 30.4 Å². The van der Waals surface area contributed by atoms with Crippen LogP contribution in [0.3, 0.4) is 0 Å². The second kappa shape index (κ2) is 6.62. The van der Waals surface area contributed by atoms with Crippen LogP contribution in [-0.4, -0.2) is 30.3 Å². The van der Waals surface area contributed by atoms with Gasteiger partial charge in [0, 0.05) is 18.2 Å². The van der Waals surface area contributed by atoms with Crippen LogP contribution in [0, 0.1) is 17.3 Å². The number of benzene rings is 1. The smallest absolute Gasteiger partial charge is 0.387 e. The first kappa shape index (κ1) is 18.5. The van der Waals surface area contributed by atoms with Gasteiger partial charge in [-0.25, -0.2) is 0 Å². The number of nitrogens with one attached hydrogen (secondary N) is 1. The van der Waals surface area contributed by atoms with Gasteiger partial charge in [0.1, 0.15) is 0 Å². The van der Waals surface area contributed by atoms with Crippen molar-refractivity contribution in [2.75, 3.05) is 12.4 Å². The van der Waals surface area contributed by atoms with Crippen molar-refractivity contribution in [1.82, 2.24) is 0 Å². The molecule has 148 valence electrons. The van der Waals surface area contributed by atoms with E-state index in [4.69, 9.17) is 4.74 Å². The first-order valence-corrected chi connectivity index (χ1v) is 9.43. The van der Waals surface area contributed by atoms with Crippen LogP contribution in [0.15, 0.2) is 18.2 Å². The number of hydrogen-bond donors (Lipinski definition) is 2. The molecule has 7 heteroatoms. The van der Waals surface area contributed by atoms with Crippen LogP contribution >= 0.6 is 0 Å². The van der Waals surface area contributed by atoms with Gasteiger partial charge in [-0.1, -0.05) is 0 Å². The molecule has 0 aliphatic heterocycles. The molecule has 4 saturated carbocycles. The summed E-state index contributed by atoms with van der Waals surface area (Å²) in [6.45, 7) is -2.97. The molecule has 0 aromatic heterocycles. The number of carbonyl (C=O) groups excluding carboxylic acids is 1. The van der Waals surface area contributed by atoms with Gasteiger partial charge < -0.3 is 19.9 Å². The van der Waals surface area contributed by atoms with Gasteiger partial charge in [0.2, 0.25) is 5.91 Å². The lowest BCUT2D eigenvalue weighted by molar-refractivity contribution is -0.167. The van der Waals surface area contributed by atoms with Gasteiger partial charge >= 0.3 is 6.61 Å². The lowest BCUT2D eigenvalue weighted by atomic mass is 9.47. The highest BCUT2D eigenvalue weighted by Gasteiger charge is 2.57. The largest absolute Gasteiger partial charge is 0.493 e. The lowest BCUT2D eigenvalue weighted by Crippen LogP contribution is -2.56.